The lowest BCUT2D eigenvalue weighted by Crippen LogP contribution is -2.26. The summed E-state index contributed by atoms with van der Waals surface area (Å²) in [5, 5.41) is 11.8. The van der Waals surface area contributed by atoms with E-state index in [2.05, 4.69) is 32.0 Å². The van der Waals surface area contributed by atoms with E-state index in [1.54, 1.807) is 6.07 Å². The fraction of sp³-hybridized carbons (Fsp3) is 0.606. The Hall–Kier alpha value is -2.49. The summed E-state index contributed by atoms with van der Waals surface area (Å²) in [6.07, 6.45) is 18.2. The molecule has 0 saturated heterocycles. The Balaban J connectivity index is 1.82. The second-order valence-corrected chi connectivity index (χ2v) is 11.4. The van der Waals surface area contributed by atoms with Gasteiger partial charge in [0.2, 0.25) is 0 Å². The van der Waals surface area contributed by atoms with Crippen LogP contribution < -0.4 is 0 Å². The van der Waals surface area contributed by atoms with Crippen LogP contribution in [0.4, 0.5) is 5.69 Å². The van der Waals surface area contributed by atoms with Crippen molar-refractivity contribution < 1.29 is 4.92 Å². The molecule has 0 atom stereocenters. The molecule has 1 saturated carbocycles. The highest BCUT2D eigenvalue weighted by Crippen LogP contribution is 2.55. The molecule has 4 rings (SSSR count). The molecule has 0 amide bonds. The highest BCUT2D eigenvalue weighted by Gasteiger charge is 2.43. The maximum Gasteiger partial charge on any atom is 0.269 e. The van der Waals surface area contributed by atoms with Crippen LogP contribution in [0.2, 0.25) is 0 Å². The van der Waals surface area contributed by atoms with Crippen molar-refractivity contribution >= 4 is 11.4 Å². The third-order valence-corrected chi connectivity index (χ3v) is 9.00. The van der Waals surface area contributed by atoms with Gasteiger partial charge in [0, 0.05) is 36.2 Å². The van der Waals surface area contributed by atoms with Crippen molar-refractivity contribution in [1.29, 1.82) is 0 Å². The van der Waals surface area contributed by atoms with E-state index < -0.39 is 0 Å². The summed E-state index contributed by atoms with van der Waals surface area (Å²) >= 11 is 0. The van der Waals surface area contributed by atoms with Crippen LogP contribution in [0.5, 0.6) is 0 Å². The summed E-state index contributed by atoms with van der Waals surface area (Å²) in [5.74, 6) is 0.546. The first-order valence-corrected chi connectivity index (χ1v) is 15.0. The third-order valence-electron chi connectivity index (χ3n) is 9.00. The molecule has 0 bridgehead atoms. The molecule has 0 radical (unpaired) electrons. The van der Waals surface area contributed by atoms with Gasteiger partial charge in [0.05, 0.1) is 4.92 Å². The summed E-state index contributed by atoms with van der Waals surface area (Å²) in [6.45, 7) is 4.51. The van der Waals surface area contributed by atoms with Crippen LogP contribution in [0.1, 0.15) is 127 Å². The minimum Gasteiger partial charge on any atom is -0.292 e. The van der Waals surface area contributed by atoms with Gasteiger partial charge < -0.3 is 0 Å². The van der Waals surface area contributed by atoms with Crippen molar-refractivity contribution in [2.45, 2.75) is 116 Å². The van der Waals surface area contributed by atoms with Gasteiger partial charge in [0.1, 0.15) is 0 Å². The third kappa shape index (κ3) is 5.84. The van der Waals surface area contributed by atoms with E-state index in [4.69, 9.17) is 4.99 Å². The molecule has 200 valence electrons. The van der Waals surface area contributed by atoms with Gasteiger partial charge in [-0.2, -0.15) is 0 Å². The standard InChI is InChI=1S/C33H46N2O2/c1-4-6-8-13-21-33(22-14-9-7-5-2)30-23-26(32(34-3)25-15-11-10-12-16-25)17-19-28(30)29-20-18-27(35(36)37)24-31(29)33/h17-20,23-25H,4-16,21-22H2,1-3H3/b34-32-. The van der Waals surface area contributed by atoms with Gasteiger partial charge in [-0.15, -0.1) is 0 Å². The number of nitro groups is 1. The second kappa shape index (κ2) is 12.8. The van der Waals surface area contributed by atoms with Gasteiger partial charge in [-0.1, -0.05) is 96.6 Å². The Morgan fingerprint density at radius 3 is 2.03 bits per heavy atom. The highest BCUT2D eigenvalue weighted by atomic mass is 16.6. The van der Waals surface area contributed by atoms with E-state index in [9.17, 15) is 10.1 Å². The zero-order valence-corrected chi connectivity index (χ0v) is 23.4. The van der Waals surface area contributed by atoms with E-state index in [-0.39, 0.29) is 16.0 Å². The summed E-state index contributed by atoms with van der Waals surface area (Å²) < 4.78 is 0. The molecule has 0 spiro atoms. The van der Waals surface area contributed by atoms with E-state index in [0.717, 1.165) is 25.7 Å². The van der Waals surface area contributed by atoms with Crippen LogP contribution in [0.25, 0.3) is 11.1 Å². The van der Waals surface area contributed by atoms with Gasteiger partial charge in [0.25, 0.3) is 5.69 Å². The zero-order chi connectivity index (χ0) is 26.3. The molecular weight excluding hydrogens is 456 g/mol. The van der Waals surface area contributed by atoms with E-state index in [1.807, 2.05) is 19.2 Å². The summed E-state index contributed by atoms with van der Waals surface area (Å²) in [5.41, 5.74) is 7.65. The Morgan fingerprint density at radius 2 is 1.46 bits per heavy atom. The van der Waals surface area contributed by atoms with Gasteiger partial charge in [0.15, 0.2) is 0 Å². The minimum absolute atomic E-state index is 0.153. The maximum atomic E-state index is 11.8. The van der Waals surface area contributed by atoms with Gasteiger partial charge in [-0.05, 0) is 65.6 Å². The number of nitro benzene ring substituents is 1. The van der Waals surface area contributed by atoms with Crippen LogP contribution in [0, 0.1) is 16.0 Å². The number of benzene rings is 2. The first kappa shape index (κ1) is 27.5. The smallest absolute Gasteiger partial charge is 0.269 e. The van der Waals surface area contributed by atoms with Crippen LogP contribution in [-0.2, 0) is 5.41 Å². The second-order valence-electron chi connectivity index (χ2n) is 11.4. The summed E-state index contributed by atoms with van der Waals surface area (Å²) in [6, 6.07) is 12.6. The Morgan fingerprint density at radius 1 is 0.865 bits per heavy atom. The number of unbranched alkanes of at least 4 members (excludes halogenated alkanes) is 6. The number of fused-ring (bicyclic) bond motifs is 3. The van der Waals surface area contributed by atoms with Gasteiger partial charge in [-0.25, -0.2) is 0 Å². The first-order valence-electron chi connectivity index (χ1n) is 15.0. The molecular formula is C33H46N2O2. The lowest BCUT2D eigenvalue weighted by atomic mass is 9.70. The number of nitrogens with zero attached hydrogens (tertiary/aromatic N) is 2. The van der Waals surface area contributed by atoms with Crippen molar-refractivity contribution in [3.63, 3.8) is 0 Å². The van der Waals surface area contributed by atoms with Crippen LogP contribution in [0.15, 0.2) is 41.4 Å². The molecule has 2 aliphatic carbocycles. The SMILES string of the molecule is CCCCCCC1(CCCCCC)c2cc(/C(=N\C)C3CCCCC3)ccc2-c2ccc([N+](=O)[O-])cc21. The van der Waals surface area contributed by atoms with Crippen LogP contribution >= 0.6 is 0 Å². The predicted molar refractivity (Wildman–Crippen MR) is 156 cm³/mol. The molecule has 0 unspecified atom stereocenters. The molecule has 2 aliphatic rings. The Labute approximate surface area is 224 Å². The molecule has 2 aromatic carbocycles. The first-order chi connectivity index (χ1) is 18.1. The molecule has 4 heteroatoms. The lowest BCUT2D eigenvalue weighted by Gasteiger charge is -2.33. The normalized spacial score (nSPS) is 17.0. The van der Waals surface area contributed by atoms with Gasteiger partial charge in [-0.3, -0.25) is 15.1 Å². The number of aliphatic imine (C=N–C) groups is 1. The van der Waals surface area contributed by atoms with Crippen molar-refractivity contribution in [3.8, 4) is 11.1 Å². The Kier molecular flexibility index (Phi) is 9.56. The minimum atomic E-state index is -0.224. The molecule has 1 fully saturated rings. The number of hydrogen-bond acceptors (Lipinski definition) is 3. The summed E-state index contributed by atoms with van der Waals surface area (Å²) in [4.78, 5) is 16.4. The molecule has 0 N–H and O–H groups in total. The number of hydrogen-bond donors (Lipinski definition) is 0. The van der Waals surface area contributed by atoms with Crippen LogP contribution in [-0.4, -0.2) is 17.7 Å². The average molecular weight is 503 g/mol. The van der Waals surface area contributed by atoms with E-state index >= 15 is 0 Å². The highest BCUT2D eigenvalue weighted by molar-refractivity contribution is 6.03. The molecule has 37 heavy (non-hydrogen) atoms. The number of rotatable bonds is 13. The van der Waals surface area contributed by atoms with Crippen LogP contribution in [0.3, 0.4) is 0 Å². The topological polar surface area (TPSA) is 55.5 Å². The van der Waals surface area contributed by atoms with Crippen molar-refractivity contribution in [1.82, 2.24) is 0 Å². The zero-order valence-electron chi connectivity index (χ0n) is 23.4. The quantitative estimate of drug-likeness (QED) is 0.118. The molecule has 2 aromatic rings. The molecule has 4 nitrogen and oxygen atoms in total. The largest absolute Gasteiger partial charge is 0.292 e. The van der Waals surface area contributed by atoms with Crippen molar-refractivity contribution in [2.75, 3.05) is 7.05 Å². The van der Waals surface area contributed by atoms with E-state index in [0.29, 0.717) is 5.92 Å². The Bertz CT molecular complexity index is 1090. The van der Waals surface area contributed by atoms with Crippen molar-refractivity contribution in [3.05, 3.63) is 63.2 Å². The monoisotopic (exact) mass is 502 g/mol. The summed E-state index contributed by atoms with van der Waals surface area (Å²) in [7, 11) is 1.96. The maximum absolute atomic E-state index is 11.8. The molecule has 0 heterocycles. The average Bonchev–Trinajstić information content (AvgIpc) is 3.19. The lowest BCUT2D eigenvalue weighted by molar-refractivity contribution is -0.384. The molecule has 0 aromatic heterocycles. The fourth-order valence-electron chi connectivity index (χ4n) is 7.05. The van der Waals surface area contributed by atoms with Gasteiger partial charge >= 0.3 is 0 Å². The fourth-order valence-corrected chi connectivity index (χ4v) is 7.05. The van der Waals surface area contributed by atoms with Crippen molar-refractivity contribution in [2.24, 2.45) is 10.9 Å². The molecule has 0 aliphatic heterocycles. The predicted octanol–water partition coefficient (Wildman–Crippen LogP) is 9.80. The van der Waals surface area contributed by atoms with E-state index in [1.165, 1.54) is 104 Å². The number of non-ortho nitro benzene ring substituents is 1.